The highest BCUT2D eigenvalue weighted by Gasteiger charge is 2.35. The first-order chi connectivity index (χ1) is 9.38. The Balaban J connectivity index is 2.24. The first-order valence-electron chi connectivity index (χ1n) is 6.50. The van der Waals surface area contributed by atoms with E-state index in [0.717, 1.165) is 4.47 Å². The lowest BCUT2D eigenvalue weighted by molar-refractivity contribution is 0.0696. The minimum atomic E-state index is -0.502. The van der Waals surface area contributed by atoms with Crippen molar-refractivity contribution in [3.8, 4) is 5.75 Å². The van der Waals surface area contributed by atoms with Crippen molar-refractivity contribution in [2.45, 2.75) is 18.6 Å². The molecule has 0 radical (unpaired) electrons. The van der Waals surface area contributed by atoms with Crippen molar-refractivity contribution < 1.29 is 15.0 Å². The molecule has 20 heavy (non-hydrogen) atoms. The largest absolute Gasteiger partial charge is 0.507 e. The number of aromatic hydroxyl groups is 1. The highest BCUT2D eigenvalue weighted by atomic mass is 79.9. The molecule has 0 bridgehead atoms. The minimum Gasteiger partial charge on any atom is -0.507 e. The Kier molecular flexibility index (Phi) is 4.67. The number of hydrogen-bond acceptors (Lipinski definition) is 4. The first-order valence-corrected chi connectivity index (χ1v) is 7.30. The van der Waals surface area contributed by atoms with Crippen LogP contribution in [-0.4, -0.2) is 65.3 Å². The van der Waals surface area contributed by atoms with Gasteiger partial charge >= 0.3 is 0 Å². The predicted molar refractivity (Wildman–Crippen MR) is 79.8 cm³/mol. The maximum atomic E-state index is 12.6. The zero-order valence-corrected chi connectivity index (χ0v) is 13.2. The number of hydrogen-bond donors (Lipinski definition) is 2. The number of aliphatic hydroxyl groups is 1. The number of β-amino-alcohol motifs (C(OH)–C–C–N with tert-alkyl or cyclic N) is 1. The molecule has 1 saturated heterocycles. The quantitative estimate of drug-likeness (QED) is 0.868. The molecule has 5 nitrogen and oxygen atoms in total. The van der Waals surface area contributed by atoms with Crippen molar-refractivity contribution in [3.63, 3.8) is 0 Å². The molecule has 1 amide bonds. The number of phenols is 1. The van der Waals surface area contributed by atoms with Gasteiger partial charge in [0.1, 0.15) is 5.75 Å². The van der Waals surface area contributed by atoms with Gasteiger partial charge in [0.15, 0.2) is 0 Å². The van der Waals surface area contributed by atoms with Gasteiger partial charge in [-0.05, 0) is 38.7 Å². The molecule has 1 heterocycles. The summed E-state index contributed by atoms with van der Waals surface area (Å²) < 4.78 is 0.738. The lowest BCUT2D eigenvalue weighted by Gasteiger charge is -2.27. The molecule has 2 N–H and O–H groups in total. The second kappa shape index (κ2) is 6.11. The van der Waals surface area contributed by atoms with Crippen molar-refractivity contribution >= 4 is 21.8 Å². The second-order valence-electron chi connectivity index (χ2n) is 5.42. The second-order valence-corrected chi connectivity index (χ2v) is 6.34. The zero-order valence-electron chi connectivity index (χ0n) is 11.6. The molecular formula is C14H19BrN2O3. The predicted octanol–water partition coefficient (Wildman–Crippen LogP) is 1.29. The van der Waals surface area contributed by atoms with Gasteiger partial charge in [-0.2, -0.15) is 0 Å². The summed E-state index contributed by atoms with van der Waals surface area (Å²) in [6.07, 6.45) is 0.0665. The summed E-state index contributed by atoms with van der Waals surface area (Å²) in [6, 6.07) is 4.74. The van der Waals surface area contributed by atoms with Crippen LogP contribution in [0.5, 0.6) is 5.75 Å². The Morgan fingerprint density at radius 1 is 1.50 bits per heavy atom. The Labute approximate surface area is 126 Å². The Morgan fingerprint density at radius 2 is 2.20 bits per heavy atom. The summed E-state index contributed by atoms with van der Waals surface area (Å²) in [5.74, 6) is -0.282. The molecule has 1 aliphatic heterocycles. The van der Waals surface area contributed by atoms with Gasteiger partial charge in [-0.15, -0.1) is 0 Å². The maximum absolute atomic E-state index is 12.6. The number of carbonyl (C=O) groups is 1. The number of benzene rings is 1. The fourth-order valence-corrected chi connectivity index (χ4v) is 2.93. The maximum Gasteiger partial charge on any atom is 0.258 e. The van der Waals surface area contributed by atoms with Gasteiger partial charge in [0.25, 0.3) is 5.91 Å². The lowest BCUT2D eigenvalue weighted by Crippen LogP contribution is -2.41. The van der Waals surface area contributed by atoms with Crippen LogP contribution in [0.4, 0.5) is 0 Å². The van der Waals surface area contributed by atoms with Gasteiger partial charge in [-0.3, -0.25) is 4.79 Å². The SMILES string of the molecule is CN(C)CC1CC(O)CN1C(=O)c1cc(Br)ccc1O. The number of nitrogens with zero attached hydrogens (tertiary/aromatic N) is 2. The lowest BCUT2D eigenvalue weighted by atomic mass is 10.1. The number of amides is 1. The van der Waals surface area contributed by atoms with Gasteiger partial charge in [-0.1, -0.05) is 15.9 Å². The fourth-order valence-electron chi connectivity index (χ4n) is 2.57. The molecule has 6 heteroatoms. The molecule has 1 fully saturated rings. The molecule has 0 aromatic heterocycles. The summed E-state index contributed by atoms with van der Waals surface area (Å²) in [6.45, 7) is 1.00. The molecule has 0 saturated carbocycles. The number of rotatable bonds is 3. The minimum absolute atomic E-state index is 0.0362. The molecule has 2 unspecified atom stereocenters. The van der Waals surface area contributed by atoms with Crippen LogP contribution in [0, 0.1) is 0 Å². The fraction of sp³-hybridized carbons (Fsp3) is 0.500. The average molecular weight is 343 g/mol. The highest BCUT2D eigenvalue weighted by molar-refractivity contribution is 9.10. The Morgan fingerprint density at radius 3 is 2.85 bits per heavy atom. The molecule has 110 valence electrons. The van der Waals surface area contributed by atoms with Gasteiger partial charge in [-0.25, -0.2) is 0 Å². The smallest absolute Gasteiger partial charge is 0.258 e. The molecule has 2 atom stereocenters. The third-order valence-corrected chi connectivity index (χ3v) is 3.91. The van der Waals surface area contributed by atoms with E-state index in [-0.39, 0.29) is 23.3 Å². The van der Waals surface area contributed by atoms with Crippen molar-refractivity contribution in [2.75, 3.05) is 27.2 Å². The highest BCUT2D eigenvalue weighted by Crippen LogP contribution is 2.27. The van der Waals surface area contributed by atoms with Crippen LogP contribution in [0.2, 0.25) is 0 Å². The molecule has 1 aromatic rings. The molecule has 1 aromatic carbocycles. The van der Waals surface area contributed by atoms with Gasteiger partial charge in [0, 0.05) is 23.6 Å². The van der Waals surface area contributed by atoms with Crippen LogP contribution in [-0.2, 0) is 0 Å². The number of halogens is 1. The summed E-state index contributed by atoms with van der Waals surface area (Å²) in [7, 11) is 3.87. The number of aliphatic hydroxyl groups excluding tert-OH is 1. The molecule has 1 aliphatic rings. The molecule has 0 aliphatic carbocycles. The van der Waals surface area contributed by atoms with Crippen LogP contribution >= 0.6 is 15.9 Å². The topological polar surface area (TPSA) is 64.0 Å². The third-order valence-electron chi connectivity index (χ3n) is 3.42. The Bertz CT molecular complexity index is 507. The van der Waals surface area contributed by atoms with E-state index < -0.39 is 6.10 Å². The van der Waals surface area contributed by atoms with Crippen molar-refractivity contribution in [1.82, 2.24) is 9.80 Å². The molecule has 0 spiro atoms. The molecule has 2 rings (SSSR count). The van der Waals surface area contributed by atoms with Crippen LogP contribution in [0.25, 0.3) is 0 Å². The van der Waals surface area contributed by atoms with E-state index >= 15 is 0 Å². The van der Waals surface area contributed by atoms with E-state index in [9.17, 15) is 15.0 Å². The average Bonchev–Trinajstić information content (AvgIpc) is 2.71. The summed E-state index contributed by atoms with van der Waals surface area (Å²) in [5, 5.41) is 19.7. The normalized spacial score (nSPS) is 22.6. The Hall–Kier alpha value is -1.11. The monoisotopic (exact) mass is 342 g/mol. The van der Waals surface area contributed by atoms with E-state index in [1.54, 1.807) is 17.0 Å². The van der Waals surface area contributed by atoms with Gasteiger partial charge in [0.2, 0.25) is 0 Å². The number of likely N-dealkylation sites (tertiary alicyclic amines) is 1. The van der Waals surface area contributed by atoms with Crippen molar-refractivity contribution in [2.24, 2.45) is 0 Å². The van der Waals surface area contributed by atoms with Crippen molar-refractivity contribution in [1.29, 1.82) is 0 Å². The van der Waals surface area contributed by atoms with E-state index in [4.69, 9.17) is 0 Å². The summed E-state index contributed by atoms with van der Waals surface area (Å²) in [5.41, 5.74) is 0.261. The van der Waals surface area contributed by atoms with Crippen LogP contribution in [0.15, 0.2) is 22.7 Å². The van der Waals surface area contributed by atoms with Crippen molar-refractivity contribution in [3.05, 3.63) is 28.2 Å². The zero-order chi connectivity index (χ0) is 14.9. The van der Waals surface area contributed by atoms with E-state index in [1.165, 1.54) is 6.07 Å². The van der Waals surface area contributed by atoms with Gasteiger partial charge < -0.3 is 20.0 Å². The number of carbonyl (C=O) groups excluding carboxylic acids is 1. The first kappa shape index (κ1) is 15.3. The summed E-state index contributed by atoms with van der Waals surface area (Å²) >= 11 is 3.30. The third kappa shape index (κ3) is 3.31. The van der Waals surface area contributed by atoms with E-state index in [2.05, 4.69) is 15.9 Å². The number of likely N-dealkylation sites (N-methyl/N-ethyl adjacent to an activating group) is 1. The standard InChI is InChI=1S/C14H19BrN2O3/c1-16(2)7-10-6-11(18)8-17(10)14(20)12-5-9(15)3-4-13(12)19/h3-5,10-11,18-19H,6-8H2,1-2H3. The summed E-state index contributed by atoms with van der Waals surface area (Å²) in [4.78, 5) is 16.2. The van der Waals surface area contributed by atoms with E-state index in [0.29, 0.717) is 19.5 Å². The van der Waals surface area contributed by atoms with Crippen LogP contribution in [0.3, 0.4) is 0 Å². The molecular weight excluding hydrogens is 324 g/mol. The van der Waals surface area contributed by atoms with E-state index in [1.807, 2.05) is 19.0 Å². The van der Waals surface area contributed by atoms with Crippen LogP contribution < -0.4 is 0 Å². The van der Waals surface area contributed by atoms with Gasteiger partial charge in [0.05, 0.1) is 11.7 Å². The number of phenolic OH excluding ortho intramolecular Hbond substituents is 1. The van der Waals surface area contributed by atoms with Crippen LogP contribution in [0.1, 0.15) is 16.8 Å².